The number of benzene rings is 24. The van der Waals surface area contributed by atoms with Crippen molar-refractivity contribution < 1.29 is 0 Å². The summed E-state index contributed by atoms with van der Waals surface area (Å²) in [5.41, 5.74) is 47.0. The molecule has 27 rings (SSSR count). The van der Waals surface area contributed by atoms with E-state index in [1.807, 2.05) is 0 Å². The number of hydrogen-bond acceptors (Lipinski definition) is 3. The lowest BCUT2D eigenvalue weighted by Gasteiger charge is -2.33. The fourth-order valence-corrected chi connectivity index (χ4v) is 22.2. The van der Waals surface area contributed by atoms with Crippen molar-refractivity contribution in [2.24, 2.45) is 0 Å². The van der Waals surface area contributed by atoms with E-state index < -0.39 is 0 Å². The van der Waals surface area contributed by atoms with Crippen molar-refractivity contribution in [1.29, 1.82) is 0 Å². The number of anilines is 9. The lowest BCUT2D eigenvalue weighted by Crippen LogP contribution is -2.11. The summed E-state index contributed by atoms with van der Waals surface area (Å²) in [6, 6.07) is 184. The Kier molecular flexibility index (Phi) is 20.9. The Morgan fingerprint density at radius 2 is 0.345 bits per heavy atom. The Bertz CT molecular complexity index is 8890. The highest BCUT2D eigenvalue weighted by atomic mass is 15.2. The number of fused-ring (bicyclic) bond motifs is 18. The number of aryl methyl sites for hydroxylation is 4. The van der Waals surface area contributed by atoms with Crippen molar-refractivity contribution in [2.45, 2.75) is 27.7 Å². The van der Waals surface area contributed by atoms with Crippen LogP contribution in [0.25, 0.3) is 198 Å². The molecule has 3 aliphatic rings. The summed E-state index contributed by atoms with van der Waals surface area (Å²) in [6.07, 6.45) is 0. The molecule has 654 valence electrons. The van der Waals surface area contributed by atoms with Gasteiger partial charge in [0, 0.05) is 51.2 Å². The Hall–Kier alpha value is -17.8. The first kappa shape index (κ1) is 83.1. The van der Waals surface area contributed by atoms with Crippen molar-refractivity contribution in [2.75, 3.05) is 14.7 Å². The smallest absolute Gasteiger partial charge is 0.0490 e. The van der Waals surface area contributed by atoms with Crippen molar-refractivity contribution >= 4 is 116 Å². The van der Waals surface area contributed by atoms with Gasteiger partial charge in [0.05, 0.1) is 0 Å². The standard InChI is InChI=1S/2C46H33N.C44H29N/c1-30-14-13-20-36(26-30)47(42-23-12-9-15-31(42)2)37-25-24-34-28-40-41(29-35(34)27-37)46-44(33-18-7-4-8-19-33)39-22-11-10-21-38(39)43(45(40)46)32-16-5-3-6-17-32;1-30-21-24-36(25-22-30)47(42-20-12-9-13-31(42)2)37-26-23-34-28-40-41(29-35(34)27-37)46-44(33-16-7-4-8-17-33)39-19-11-10-18-38(39)43(45(40)46)32-14-5-3-6-15-32;1-5-15-30(16-6-1)41-37-23-13-14-24-38(37)42(31-17-7-2-8-18-31)44-40-29-33-27-36(26-25-32(33)28-39(40)43(41)44)45(34-19-9-3-10-20-34)35-21-11-4-12-22-35/h2*3-29H,1-2H3;1-29H. The second kappa shape index (κ2) is 34.9. The molecule has 0 unspecified atom stereocenters. The average Bonchev–Trinajstić information content (AvgIpc) is 0.695. The fourth-order valence-electron chi connectivity index (χ4n) is 22.2. The number of rotatable bonds is 15. The number of para-hydroxylation sites is 4. The molecule has 0 aliphatic heterocycles. The van der Waals surface area contributed by atoms with Gasteiger partial charge in [-0.1, -0.05) is 376 Å². The summed E-state index contributed by atoms with van der Waals surface area (Å²) in [5.74, 6) is 0. The van der Waals surface area contributed by atoms with Crippen LogP contribution in [0.3, 0.4) is 0 Å². The minimum atomic E-state index is 1.14. The fraction of sp³-hybridized carbons (Fsp3) is 0.0294. The third-order valence-corrected chi connectivity index (χ3v) is 28.6. The van der Waals surface area contributed by atoms with Crippen LogP contribution in [0, 0.1) is 27.7 Å². The molecule has 0 bridgehead atoms. The van der Waals surface area contributed by atoms with Crippen LogP contribution >= 0.6 is 0 Å². The second-order valence-electron chi connectivity index (χ2n) is 37.0. The molecule has 0 saturated carbocycles. The average molecular weight is 1770 g/mol. The van der Waals surface area contributed by atoms with E-state index in [-0.39, 0.29) is 0 Å². The van der Waals surface area contributed by atoms with Gasteiger partial charge in [-0.25, -0.2) is 0 Å². The maximum absolute atomic E-state index is 2.43. The van der Waals surface area contributed by atoms with Crippen molar-refractivity contribution in [3.8, 4) is 134 Å². The molecule has 3 aliphatic carbocycles. The molecule has 0 radical (unpaired) electrons. The quantitative estimate of drug-likeness (QED) is 0.101. The third kappa shape index (κ3) is 14.5. The van der Waals surface area contributed by atoms with Gasteiger partial charge in [-0.05, 0) is 376 Å². The van der Waals surface area contributed by atoms with E-state index >= 15 is 0 Å². The predicted molar refractivity (Wildman–Crippen MR) is 593 cm³/mol. The van der Waals surface area contributed by atoms with Crippen LogP contribution in [0.2, 0.25) is 0 Å². The molecule has 0 N–H and O–H groups in total. The van der Waals surface area contributed by atoms with E-state index in [0.29, 0.717) is 0 Å². The van der Waals surface area contributed by atoms with Gasteiger partial charge in [-0.2, -0.15) is 0 Å². The minimum Gasteiger partial charge on any atom is -0.310 e. The maximum Gasteiger partial charge on any atom is 0.0490 e. The van der Waals surface area contributed by atoms with Crippen molar-refractivity contribution in [3.63, 3.8) is 0 Å². The van der Waals surface area contributed by atoms with E-state index in [0.717, 1.165) is 34.1 Å². The molecule has 0 aromatic heterocycles. The normalized spacial score (nSPS) is 11.6. The summed E-state index contributed by atoms with van der Waals surface area (Å²) >= 11 is 0. The first-order valence-electron chi connectivity index (χ1n) is 48.3. The molecule has 0 atom stereocenters. The summed E-state index contributed by atoms with van der Waals surface area (Å²) in [5, 5.41) is 15.2. The number of hydrogen-bond donors (Lipinski definition) is 0. The Balaban J connectivity index is 0.000000110. The van der Waals surface area contributed by atoms with Crippen LogP contribution in [0.1, 0.15) is 22.3 Å². The molecule has 0 fully saturated rings. The molecule has 3 heteroatoms. The molecular formula is C136H95N3. The second-order valence-corrected chi connectivity index (χ2v) is 37.0. The first-order valence-corrected chi connectivity index (χ1v) is 48.3. The summed E-state index contributed by atoms with van der Waals surface area (Å²) in [6.45, 7) is 8.69. The van der Waals surface area contributed by atoms with Gasteiger partial charge in [0.1, 0.15) is 0 Å². The Morgan fingerprint density at radius 3 is 0.626 bits per heavy atom. The lowest BCUT2D eigenvalue weighted by atomic mass is 9.70. The maximum atomic E-state index is 2.43. The lowest BCUT2D eigenvalue weighted by molar-refractivity contribution is 1.25. The van der Waals surface area contributed by atoms with Crippen LogP contribution in [0.15, 0.2) is 504 Å². The molecule has 24 aromatic rings. The van der Waals surface area contributed by atoms with Crippen LogP contribution in [-0.4, -0.2) is 0 Å². The molecular weight excluding hydrogens is 1680 g/mol. The summed E-state index contributed by atoms with van der Waals surface area (Å²) < 4.78 is 0. The predicted octanol–water partition coefficient (Wildman–Crippen LogP) is 38.6. The Morgan fingerprint density at radius 1 is 0.129 bits per heavy atom. The van der Waals surface area contributed by atoms with Gasteiger partial charge in [-0.15, -0.1) is 0 Å². The first-order chi connectivity index (χ1) is 68.7. The van der Waals surface area contributed by atoms with E-state index in [2.05, 4.69) is 546 Å². The molecule has 3 nitrogen and oxygen atoms in total. The zero-order valence-electron chi connectivity index (χ0n) is 77.8. The van der Waals surface area contributed by atoms with E-state index in [1.165, 1.54) is 237 Å². The zero-order valence-corrected chi connectivity index (χ0v) is 77.8. The highest BCUT2D eigenvalue weighted by Gasteiger charge is 2.37. The van der Waals surface area contributed by atoms with Crippen molar-refractivity contribution in [1.82, 2.24) is 0 Å². The molecule has 0 spiro atoms. The van der Waals surface area contributed by atoms with Crippen LogP contribution in [0.5, 0.6) is 0 Å². The molecule has 0 saturated heterocycles. The van der Waals surface area contributed by atoms with E-state index in [9.17, 15) is 0 Å². The third-order valence-electron chi connectivity index (χ3n) is 28.6. The van der Waals surface area contributed by atoms with Crippen LogP contribution in [0.4, 0.5) is 51.2 Å². The highest BCUT2D eigenvalue weighted by Crippen LogP contribution is 2.64. The van der Waals surface area contributed by atoms with E-state index in [4.69, 9.17) is 0 Å². The largest absolute Gasteiger partial charge is 0.310 e. The molecule has 139 heavy (non-hydrogen) atoms. The topological polar surface area (TPSA) is 9.72 Å². The van der Waals surface area contributed by atoms with Crippen molar-refractivity contribution in [3.05, 3.63) is 526 Å². The van der Waals surface area contributed by atoms with Gasteiger partial charge in [0.2, 0.25) is 0 Å². The summed E-state index contributed by atoms with van der Waals surface area (Å²) in [4.78, 5) is 7.12. The van der Waals surface area contributed by atoms with Crippen LogP contribution in [-0.2, 0) is 0 Å². The van der Waals surface area contributed by atoms with E-state index in [1.54, 1.807) is 0 Å². The molecule has 0 amide bonds. The molecule has 24 aromatic carbocycles. The summed E-state index contributed by atoms with van der Waals surface area (Å²) in [7, 11) is 0. The van der Waals surface area contributed by atoms with Gasteiger partial charge >= 0.3 is 0 Å². The van der Waals surface area contributed by atoms with Crippen LogP contribution < -0.4 is 14.7 Å². The van der Waals surface area contributed by atoms with Gasteiger partial charge < -0.3 is 14.7 Å². The monoisotopic (exact) mass is 1770 g/mol. The van der Waals surface area contributed by atoms with Gasteiger partial charge in [0.15, 0.2) is 0 Å². The zero-order chi connectivity index (χ0) is 92.7. The Labute approximate surface area is 811 Å². The highest BCUT2D eigenvalue weighted by molar-refractivity contribution is 6.30. The minimum absolute atomic E-state index is 1.14. The SMILES string of the molecule is Cc1ccc(N(c2ccc3cc4c(cc3c2)-c2c-4c(-c3ccccc3)c3ccccc3c2-c2ccccc2)c2ccccc2C)cc1.Cc1cccc(N(c2ccc3cc4c(cc3c2)-c2c-4c(-c3ccccc3)c3ccccc3c2-c2ccccc2)c2ccccc2C)c1.c1ccc(-c2c3c(c(-c4ccccc4)c4ccccc24)-c2cc4cc(N(c5ccccc5)c5ccccc5)ccc4cc2-3)cc1. The van der Waals surface area contributed by atoms with Gasteiger partial charge in [-0.3, -0.25) is 0 Å². The molecule has 0 heterocycles. The van der Waals surface area contributed by atoms with Gasteiger partial charge in [0.25, 0.3) is 0 Å². The number of nitrogens with zero attached hydrogens (tertiary/aromatic N) is 3.